The van der Waals surface area contributed by atoms with Crippen LogP contribution in [-0.2, 0) is 22.6 Å². The number of aromatic nitrogens is 5. The van der Waals surface area contributed by atoms with E-state index < -0.39 is 11.7 Å². The fourth-order valence-electron chi connectivity index (χ4n) is 2.85. The van der Waals surface area contributed by atoms with Crippen LogP contribution in [0.2, 0.25) is 0 Å². The van der Waals surface area contributed by atoms with E-state index in [2.05, 4.69) is 31.1 Å². The predicted octanol–water partition coefficient (Wildman–Crippen LogP) is 3.29. The highest BCUT2D eigenvalue weighted by Gasteiger charge is 2.30. The van der Waals surface area contributed by atoms with Crippen LogP contribution in [0.1, 0.15) is 26.5 Å². The smallest absolute Gasteiger partial charge is 0.420 e. The quantitative estimate of drug-likeness (QED) is 0.614. The molecule has 0 spiro atoms. The molecule has 3 aromatic heterocycles. The topological polar surface area (TPSA) is 86.8 Å². The third-order valence-corrected chi connectivity index (χ3v) is 4.35. The van der Waals surface area contributed by atoms with Crippen LogP contribution in [0.25, 0.3) is 5.65 Å². The van der Waals surface area contributed by atoms with Gasteiger partial charge in [0.25, 0.3) is 0 Å². The summed E-state index contributed by atoms with van der Waals surface area (Å²) in [7, 11) is 0. The molecule has 1 aliphatic heterocycles. The number of amides is 1. The summed E-state index contributed by atoms with van der Waals surface area (Å²) in [5.74, 6) is 0.452. The van der Waals surface area contributed by atoms with E-state index in [0.29, 0.717) is 36.9 Å². The van der Waals surface area contributed by atoms with Crippen molar-refractivity contribution in [2.45, 2.75) is 39.5 Å². The van der Waals surface area contributed by atoms with Crippen molar-refractivity contribution in [1.82, 2.24) is 24.4 Å². The van der Waals surface area contributed by atoms with Crippen molar-refractivity contribution >= 4 is 39.2 Å². The van der Waals surface area contributed by atoms with E-state index in [1.165, 1.54) is 11.2 Å². The molecule has 9 nitrogen and oxygen atoms in total. The van der Waals surface area contributed by atoms with E-state index in [1.54, 1.807) is 16.8 Å². The molecule has 142 valence electrons. The van der Waals surface area contributed by atoms with Crippen LogP contribution in [0.4, 0.5) is 16.3 Å². The Bertz CT molecular complexity index is 982. The van der Waals surface area contributed by atoms with Crippen LogP contribution in [-0.4, -0.2) is 42.7 Å². The number of carbonyl (C=O) groups excluding carboxylic acids is 1. The van der Waals surface area contributed by atoms with Crippen molar-refractivity contribution in [3.8, 4) is 0 Å². The molecule has 0 bridgehead atoms. The molecule has 3 aromatic rings. The van der Waals surface area contributed by atoms with E-state index in [0.717, 1.165) is 10.2 Å². The van der Waals surface area contributed by atoms with Gasteiger partial charge in [-0.25, -0.2) is 19.2 Å². The molecule has 0 aromatic carbocycles. The Kier molecular flexibility index (Phi) is 4.39. The van der Waals surface area contributed by atoms with Gasteiger partial charge in [-0.15, -0.1) is 0 Å². The zero-order valence-electron chi connectivity index (χ0n) is 15.2. The fraction of sp³-hybridized carbons (Fsp3) is 0.412. The highest BCUT2D eigenvalue weighted by Crippen LogP contribution is 2.32. The summed E-state index contributed by atoms with van der Waals surface area (Å²) in [5.41, 5.74) is 1.28. The SMILES string of the molecule is CC(C)(C)OC(=O)N(c1cc2n(n1)CCOC2)c1cc(Br)cn2ncnc12. The molecule has 0 saturated carbocycles. The zero-order chi connectivity index (χ0) is 19.2. The lowest BCUT2D eigenvalue weighted by Crippen LogP contribution is -2.34. The Balaban J connectivity index is 1.86. The number of nitrogens with zero attached hydrogens (tertiary/aromatic N) is 6. The van der Waals surface area contributed by atoms with Gasteiger partial charge in [-0.05, 0) is 42.8 Å². The summed E-state index contributed by atoms with van der Waals surface area (Å²) >= 11 is 3.46. The van der Waals surface area contributed by atoms with Gasteiger partial charge < -0.3 is 9.47 Å². The maximum absolute atomic E-state index is 13.1. The third kappa shape index (κ3) is 3.54. The molecule has 1 aliphatic rings. The molecular weight excluding hydrogens is 416 g/mol. The summed E-state index contributed by atoms with van der Waals surface area (Å²) in [6, 6.07) is 3.62. The molecule has 27 heavy (non-hydrogen) atoms. The molecular formula is C17H19BrN6O3. The molecule has 10 heteroatoms. The molecule has 4 rings (SSSR count). The van der Waals surface area contributed by atoms with Crippen LogP contribution in [0, 0.1) is 0 Å². The summed E-state index contributed by atoms with van der Waals surface area (Å²) in [5, 5.41) is 8.75. The zero-order valence-corrected chi connectivity index (χ0v) is 16.8. The molecule has 4 heterocycles. The maximum Gasteiger partial charge on any atom is 0.420 e. The fourth-order valence-corrected chi connectivity index (χ4v) is 3.26. The molecule has 0 N–H and O–H groups in total. The van der Waals surface area contributed by atoms with Gasteiger partial charge in [-0.1, -0.05) is 0 Å². The third-order valence-electron chi connectivity index (χ3n) is 3.92. The molecule has 1 amide bonds. The van der Waals surface area contributed by atoms with Gasteiger partial charge in [0.2, 0.25) is 0 Å². The number of ether oxygens (including phenoxy) is 2. The number of halogens is 1. The van der Waals surface area contributed by atoms with Crippen LogP contribution >= 0.6 is 15.9 Å². The van der Waals surface area contributed by atoms with Crippen molar-refractivity contribution in [2.75, 3.05) is 11.5 Å². The first kappa shape index (κ1) is 17.9. The Morgan fingerprint density at radius 2 is 2.19 bits per heavy atom. The summed E-state index contributed by atoms with van der Waals surface area (Å²) in [4.78, 5) is 18.8. The molecule has 0 saturated heterocycles. The van der Waals surface area contributed by atoms with Crippen LogP contribution in [0.3, 0.4) is 0 Å². The second-order valence-electron chi connectivity index (χ2n) is 7.16. The van der Waals surface area contributed by atoms with Crippen LogP contribution in [0.5, 0.6) is 0 Å². The van der Waals surface area contributed by atoms with Crippen molar-refractivity contribution < 1.29 is 14.3 Å². The largest absolute Gasteiger partial charge is 0.443 e. The summed E-state index contributed by atoms with van der Waals surface area (Å²) in [6.45, 7) is 7.14. The van der Waals surface area contributed by atoms with Crippen molar-refractivity contribution in [2.24, 2.45) is 0 Å². The van der Waals surface area contributed by atoms with Gasteiger partial charge in [0, 0.05) is 16.7 Å². The number of carbonyl (C=O) groups is 1. The maximum atomic E-state index is 13.1. The molecule has 0 unspecified atom stereocenters. The molecule has 0 radical (unpaired) electrons. The first-order chi connectivity index (χ1) is 12.8. The lowest BCUT2D eigenvalue weighted by atomic mass is 10.2. The highest BCUT2D eigenvalue weighted by molar-refractivity contribution is 9.10. The second-order valence-corrected chi connectivity index (χ2v) is 8.07. The number of hydrogen-bond donors (Lipinski definition) is 0. The lowest BCUT2D eigenvalue weighted by Gasteiger charge is -2.26. The molecule has 0 fully saturated rings. The minimum absolute atomic E-state index is 0.452. The second kappa shape index (κ2) is 6.61. The van der Waals surface area contributed by atoms with Gasteiger partial charge in [-0.3, -0.25) is 4.68 Å². The van der Waals surface area contributed by atoms with Gasteiger partial charge in [0.15, 0.2) is 11.5 Å². The van der Waals surface area contributed by atoms with Gasteiger partial charge in [0.1, 0.15) is 11.9 Å². The summed E-state index contributed by atoms with van der Waals surface area (Å²) < 4.78 is 15.3. The lowest BCUT2D eigenvalue weighted by molar-refractivity contribution is 0.0598. The van der Waals surface area contributed by atoms with E-state index in [-0.39, 0.29) is 0 Å². The molecule has 0 aliphatic carbocycles. The Labute approximate surface area is 164 Å². The van der Waals surface area contributed by atoms with Crippen molar-refractivity contribution in [3.05, 3.63) is 34.8 Å². The number of anilines is 2. The minimum Gasteiger partial charge on any atom is -0.443 e. The van der Waals surface area contributed by atoms with Crippen molar-refractivity contribution in [3.63, 3.8) is 0 Å². The predicted molar refractivity (Wildman–Crippen MR) is 101 cm³/mol. The standard InChI is InChI=1S/C17H19BrN6O3/c1-17(2,3)27-16(25)24(14-7-12-9-26-5-4-22(12)21-14)13-6-11(18)8-23-15(13)19-10-20-23/h6-8,10H,4-5,9H2,1-3H3. The number of fused-ring (bicyclic) bond motifs is 2. The van der Waals surface area contributed by atoms with E-state index >= 15 is 0 Å². The minimum atomic E-state index is -0.659. The normalized spacial score (nSPS) is 14.2. The Morgan fingerprint density at radius 1 is 1.37 bits per heavy atom. The summed E-state index contributed by atoms with van der Waals surface area (Å²) in [6.07, 6.45) is 2.66. The molecule has 0 atom stereocenters. The average Bonchev–Trinajstić information content (AvgIpc) is 3.19. The monoisotopic (exact) mass is 434 g/mol. The van der Waals surface area contributed by atoms with Crippen LogP contribution < -0.4 is 4.90 Å². The van der Waals surface area contributed by atoms with Crippen molar-refractivity contribution in [1.29, 1.82) is 0 Å². The first-order valence-electron chi connectivity index (χ1n) is 8.48. The van der Waals surface area contributed by atoms with E-state index in [1.807, 2.05) is 31.5 Å². The Morgan fingerprint density at radius 3 is 2.93 bits per heavy atom. The van der Waals surface area contributed by atoms with E-state index in [4.69, 9.17) is 9.47 Å². The number of rotatable bonds is 2. The van der Waals surface area contributed by atoms with E-state index in [9.17, 15) is 4.79 Å². The number of pyridine rings is 1. The van der Waals surface area contributed by atoms with Crippen LogP contribution in [0.15, 0.2) is 29.1 Å². The van der Waals surface area contributed by atoms with Gasteiger partial charge >= 0.3 is 6.09 Å². The van der Waals surface area contributed by atoms with Gasteiger partial charge in [-0.2, -0.15) is 10.2 Å². The first-order valence-corrected chi connectivity index (χ1v) is 9.27. The number of hydrogen-bond acceptors (Lipinski definition) is 6. The average molecular weight is 435 g/mol. The highest BCUT2D eigenvalue weighted by atomic mass is 79.9. The van der Waals surface area contributed by atoms with Gasteiger partial charge in [0.05, 0.1) is 31.1 Å². The Hall–Kier alpha value is -2.46.